The van der Waals surface area contributed by atoms with E-state index in [1.165, 1.54) is 36.1 Å². The van der Waals surface area contributed by atoms with Gasteiger partial charge in [-0.2, -0.15) is 0 Å². The Balaban J connectivity index is 1.95. The Bertz CT molecular complexity index is 616. The number of nitrogens with zero attached hydrogens (tertiary/aromatic N) is 2. The molecule has 1 N–H and O–H groups in total. The van der Waals surface area contributed by atoms with Crippen molar-refractivity contribution in [2.45, 2.75) is 25.4 Å². The predicted octanol–water partition coefficient (Wildman–Crippen LogP) is 0.871. The Kier molecular flexibility index (Phi) is 3.12. The summed E-state index contributed by atoms with van der Waals surface area (Å²) in [5, 5.41) is 2.74. The molecule has 0 unspecified atom stereocenters. The number of halogens is 1. The van der Waals surface area contributed by atoms with Gasteiger partial charge in [-0.25, -0.2) is 14.1 Å². The minimum Gasteiger partial charge on any atom is -0.332 e. The van der Waals surface area contributed by atoms with Gasteiger partial charge in [0.15, 0.2) is 0 Å². The second-order valence-electron chi connectivity index (χ2n) is 5.15. The second-order valence-corrected chi connectivity index (χ2v) is 5.15. The molecule has 1 aromatic rings. The van der Waals surface area contributed by atoms with Gasteiger partial charge in [0.25, 0.3) is 5.91 Å². The van der Waals surface area contributed by atoms with Crippen molar-refractivity contribution in [1.82, 2.24) is 10.2 Å². The topological polar surface area (TPSA) is 69.7 Å². The smallest absolute Gasteiger partial charge is 0.329 e. The molecular weight excluding hydrogens is 277 g/mol. The summed E-state index contributed by atoms with van der Waals surface area (Å²) in [7, 11) is 0. The van der Waals surface area contributed by atoms with E-state index in [2.05, 4.69) is 5.32 Å². The maximum atomic E-state index is 13.0. The van der Waals surface area contributed by atoms with Crippen molar-refractivity contribution < 1.29 is 18.8 Å². The van der Waals surface area contributed by atoms with E-state index >= 15 is 0 Å². The number of likely N-dealkylation sites (tertiary alicyclic amines) is 1. The quantitative estimate of drug-likeness (QED) is 0.834. The molecule has 110 valence electrons. The fourth-order valence-electron chi connectivity index (χ4n) is 2.89. The van der Waals surface area contributed by atoms with Gasteiger partial charge in [0, 0.05) is 13.5 Å². The molecule has 0 aliphatic carbocycles. The maximum Gasteiger partial charge on any atom is 0.329 e. The zero-order valence-electron chi connectivity index (χ0n) is 11.4. The molecule has 2 aliphatic rings. The maximum absolute atomic E-state index is 13.0. The van der Waals surface area contributed by atoms with Gasteiger partial charge < -0.3 is 10.2 Å². The zero-order valence-corrected chi connectivity index (χ0v) is 11.4. The van der Waals surface area contributed by atoms with Gasteiger partial charge in [-0.3, -0.25) is 9.59 Å². The number of carbonyl (C=O) groups is 3. The molecule has 2 heterocycles. The highest BCUT2D eigenvalue weighted by Gasteiger charge is 2.49. The van der Waals surface area contributed by atoms with Crippen molar-refractivity contribution in [3.05, 3.63) is 30.1 Å². The normalized spacial score (nSPS) is 24.9. The number of urea groups is 1. The molecule has 0 saturated carbocycles. The molecule has 1 aromatic carbocycles. The van der Waals surface area contributed by atoms with Gasteiger partial charge in [0.1, 0.15) is 11.9 Å². The lowest BCUT2D eigenvalue weighted by atomic mass is 10.0. The van der Waals surface area contributed by atoms with Crippen LogP contribution in [0.3, 0.4) is 0 Å². The van der Waals surface area contributed by atoms with Crippen LogP contribution >= 0.6 is 0 Å². The second kappa shape index (κ2) is 4.83. The summed E-state index contributed by atoms with van der Waals surface area (Å²) in [6.07, 6.45) is 0.555. The molecular formula is C14H14FN3O3. The van der Waals surface area contributed by atoms with E-state index in [1.807, 2.05) is 0 Å². The number of anilines is 1. The van der Waals surface area contributed by atoms with Crippen LogP contribution in [0.1, 0.15) is 13.3 Å². The number of amides is 4. The Morgan fingerprint density at radius 1 is 1.29 bits per heavy atom. The fourth-order valence-corrected chi connectivity index (χ4v) is 2.89. The summed E-state index contributed by atoms with van der Waals surface area (Å²) in [5.41, 5.74) is 0.285. The predicted molar refractivity (Wildman–Crippen MR) is 72.0 cm³/mol. The number of fused-ring (bicyclic) bond motifs is 1. The molecule has 7 heteroatoms. The van der Waals surface area contributed by atoms with E-state index in [9.17, 15) is 18.8 Å². The fraction of sp³-hybridized carbons (Fsp3) is 0.357. The van der Waals surface area contributed by atoms with Crippen molar-refractivity contribution in [3.63, 3.8) is 0 Å². The van der Waals surface area contributed by atoms with Crippen LogP contribution in [-0.4, -0.2) is 41.4 Å². The van der Waals surface area contributed by atoms with Gasteiger partial charge in [-0.1, -0.05) is 0 Å². The average Bonchev–Trinajstić information content (AvgIpc) is 2.85. The Morgan fingerprint density at radius 3 is 2.57 bits per heavy atom. The van der Waals surface area contributed by atoms with Crippen LogP contribution in [0.15, 0.2) is 24.3 Å². The van der Waals surface area contributed by atoms with Gasteiger partial charge >= 0.3 is 6.03 Å². The Labute approximate surface area is 120 Å². The monoisotopic (exact) mass is 291 g/mol. The number of rotatable bonds is 1. The molecule has 2 saturated heterocycles. The van der Waals surface area contributed by atoms with Crippen LogP contribution in [0.25, 0.3) is 0 Å². The lowest BCUT2D eigenvalue weighted by Crippen LogP contribution is -2.64. The van der Waals surface area contributed by atoms with E-state index in [0.29, 0.717) is 13.0 Å². The highest BCUT2D eigenvalue weighted by Crippen LogP contribution is 2.27. The minimum atomic E-state index is -0.690. The van der Waals surface area contributed by atoms with Crippen molar-refractivity contribution >= 4 is 23.5 Å². The Morgan fingerprint density at radius 2 is 1.95 bits per heavy atom. The molecule has 6 nitrogen and oxygen atoms in total. The van der Waals surface area contributed by atoms with Crippen LogP contribution in [0.5, 0.6) is 0 Å². The van der Waals surface area contributed by atoms with Crippen LogP contribution in [0.2, 0.25) is 0 Å². The summed E-state index contributed by atoms with van der Waals surface area (Å²) >= 11 is 0. The zero-order chi connectivity index (χ0) is 15.1. The summed E-state index contributed by atoms with van der Waals surface area (Å²) in [4.78, 5) is 38.7. The summed E-state index contributed by atoms with van der Waals surface area (Å²) in [5.74, 6) is -1.11. The number of benzene rings is 1. The van der Waals surface area contributed by atoms with E-state index < -0.39 is 23.8 Å². The summed E-state index contributed by atoms with van der Waals surface area (Å²) in [6, 6.07) is 3.49. The first-order chi connectivity index (χ1) is 9.99. The number of carbonyl (C=O) groups excluding carboxylic acids is 3. The lowest BCUT2D eigenvalue weighted by Gasteiger charge is -2.36. The molecule has 3 rings (SSSR count). The first-order valence-electron chi connectivity index (χ1n) is 6.66. The third-order valence-corrected chi connectivity index (χ3v) is 3.87. The van der Waals surface area contributed by atoms with E-state index in [0.717, 1.165) is 4.90 Å². The van der Waals surface area contributed by atoms with Crippen molar-refractivity contribution in [1.29, 1.82) is 0 Å². The third-order valence-electron chi connectivity index (χ3n) is 3.87. The molecule has 4 amide bonds. The standard InChI is InChI=1S/C14H14FN3O3/c1-8(19)17-7-6-11-12(17)13(20)18(14(21)16-11)10-4-2-9(15)3-5-10/h2-5,11-12H,6-7H2,1H3,(H,16,21)/t11-,12+/m1/s1. The number of imide groups is 1. The van der Waals surface area contributed by atoms with Crippen LogP contribution in [-0.2, 0) is 9.59 Å². The van der Waals surface area contributed by atoms with Crippen molar-refractivity contribution in [2.75, 3.05) is 11.4 Å². The van der Waals surface area contributed by atoms with Gasteiger partial charge in [-0.05, 0) is 30.7 Å². The molecule has 0 bridgehead atoms. The first-order valence-corrected chi connectivity index (χ1v) is 6.66. The average molecular weight is 291 g/mol. The Hall–Kier alpha value is -2.44. The summed E-state index contributed by atoms with van der Waals surface area (Å²) < 4.78 is 13.0. The number of hydrogen-bond acceptors (Lipinski definition) is 3. The molecule has 0 spiro atoms. The summed E-state index contributed by atoms with van der Waals surface area (Å²) in [6.45, 7) is 1.84. The first kappa shape index (κ1) is 13.5. The van der Waals surface area contributed by atoms with Crippen LogP contribution < -0.4 is 10.2 Å². The molecule has 2 aliphatic heterocycles. The number of hydrogen-bond donors (Lipinski definition) is 1. The van der Waals surface area contributed by atoms with Crippen molar-refractivity contribution in [2.24, 2.45) is 0 Å². The van der Waals surface area contributed by atoms with Crippen LogP contribution in [0, 0.1) is 5.82 Å². The SMILES string of the molecule is CC(=O)N1CC[C@H]2NC(=O)N(c3ccc(F)cc3)C(=O)[C@H]21. The highest BCUT2D eigenvalue weighted by atomic mass is 19.1. The van der Waals surface area contributed by atoms with E-state index in [1.54, 1.807) is 0 Å². The van der Waals surface area contributed by atoms with Gasteiger partial charge in [-0.15, -0.1) is 0 Å². The van der Waals surface area contributed by atoms with Crippen molar-refractivity contribution in [3.8, 4) is 0 Å². The van der Waals surface area contributed by atoms with E-state index in [-0.39, 0.29) is 17.6 Å². The molecule has 0 radical (unpaired) electrons. The lowest BCUT2D eigenvalue weighted by molar-refractivity contribution is -0.136. The van der Waals surface area contributed by atoms with Gasteiger partial charge in [0.2, 0.25) is 5.91 Å². The van der Waals surface area contributed by atoms with Gasteiger partial charge in [0.05, 0.1) is 11.7 Å². The van der Waals surface area contributed by atoms with Crippen LogP contribution in [0.4, 0.5) is 14.9 Å². The highest BCUT2D eigenvalue weighted by molar-refractivity contribution is 6.18. The minimum absolute atomic E-state index is 0.203. The molecule has 2 atom stereocenters. The van der Waals surface area contributed by atoms with E-state index in [4.69, 9.17) is 0 Å². The largest absolute Gasteiger partial charge is 0.332 e. The molecule has 0 aromatic heterocycles. The third kappa shape index (κ3) is 2.14. The number of nitrogens with one attached hydrogen (secondary N) is 1. The molecule has 2 fully saturated rings. The molecule has 21 heavy (non-hydrogen) atoms.